The lowest BCUT2D eigenvalue weighted by molar-refractivity contribution is -0.116. The molecule has 6 nitrogen and oxygen atoms in total. The van der Waals surface area contributed by atoms with Crippen molar-refractivity contribution in [1.29, 1.82) is 0 Å². The topological polar surface area (TPSA) is 67.9 Å². The van der Waals surface area contributed by atoms with Crippen molar-refractivity contribution >= 4 is 29.1 Å². The molecule has 1 amide bonds. The van der Waals surface area contributed by atoms with Crippen molar-refractivity contribution < 1.29 is 19.1 Å². The highest BCUT2D eigenvalue weighted by molar-refractivity contribution is 7.99. The molecular formula is C23H26N2O4S. The molecule has 30 heavy (non-hydrogen) atoms. The van der Waals surface area contributed by atoms with Gasteiger partial charge < -0.3 is 14.8 Å². The van der Waals surface area contributed by atoms with Gasteiger partial charge in [-0.15, -0.1) is 0 Å². The van der Waals surface area contributed by atoms with Gasteiger partial charge in [0.2, 0.25) is 5.91 Å². The molecule has 2 aliphatic rings. The summed E-state index contributed by atoms with van der Waals surface area (Å²) in [6.07, 6.45) is 0.291. The zero-order chi connectivity index (χ0) is 20.8. The van der Waals surface area contributed by atoms with Crippen LogP contribution in [0.15, 0.2) is 42.5 Å². The van der Waals surface area contributed by atoms with Crippen LogP contribution in [-0.4, -0.2) is 54.4 Å². The smallest absolute Gasteiger partial charge is 0.224 e. The Kier molecular flexibility index (Phi) is 6.92. The van der Waals surface area contributed by atoms with Gasteiger partial charge in [-0.3, -0.25) is 14.5 Å². The fourth-order valence-corrected chi connectivity index (χ4v) is 4.56. The lowest BCUT2D eigenvalue weighted by Gasteiger charge is -2.27. The number of fused-ring (bicyclic) bond motifs is 1. The minimum absolute atomic E-state index is 0.0822. The number of para-hydroxylation sites is 1. The van der Waals surface area contributed by atoms with Gasteiger partial charge in [0.1, 0.15) is 13.2 Å². The second kappa shape index (κ2) is 10.00. The Bertz CT molecular complexity index is 912. The second-order valence-electron chi connectivity index (χ2n) is 7.38. The molecule has 1 saturated heterocycles. The molecule has 0 atom stereocenters. The number of nitrogens with one attached hydrogen (secondary N) is 1. The molecule has 1 fully saturated rings. The molecule has 2 aromatic rings. The summed E-state index contributed by atoms with van der Waals surface area (Å²) in [4.78, 5) is 27.4. The Morgan fingerprint density at radius 2 is 1.73 bits per heavy atom. The van der Waals surface area contributed by atoms with Gasteiger partial charge in [0.25, 0.3) is 0 Å². The van der Waals surface area contributed by atoms with E-state index in [2.05, 4.69) is 16.3 Å². The van der Waals surface area contributed by atoms with Crippen molar-refractivity contribution in [2.24, 2.45) is 0 Å². The average Bonchev–Trinajstić information content (AvgIpc) is 2.79. The fraction of sp³-hybridized carbons (Fsp3) is 0.391. The van der Waals surface area contributed by atoms with Crippen LogP contribution in [0.4, 0.5) is 5.69 Å². The van der Waals surface area contributed by atoms with Crippen LogP contribution in [0.5, 0.6) is 11.5 Å². The number of ketones is 1. The van der Waals surface area contributed by atoms with Gasteiger partial charge in [-0.05, 0) is 29.8 Å². The van der Waals surface area contributed by atoms with Crippen molar-refractivity contribution in [1.82, 2.24) is 4.90 Å². The van der Waals surface area contributed by atoms with Gasteiger partial charge in [-0.25, -0.2) is 0 Å². The van der Waals surface area contributed by atoms with E-state index in [1.807, 2.05) is 30.0 Å². The number of hydrogen-bond acceptors (Lipinski definition) is 6. The number of anilines is 1. The molecule has 0 unspecified atom stereocenters. The molecule has 0 aromatic heterocycles. The Hall–Kier alpha value is -2.51. The SMILES string of the molecule is O=C(CCC(=O)c1ccc2c(c1)OCCO2)Nc1ccccc1CN1CCSCC1. The highest BCUT2D eigenvalue weighted by atomic mass is 32.2. The maximum atomic E-state index is 12.5. The van der Waals surface area contributed by atoms with E-state index in [1.165, 1.54) is 0 Å². The number of amides is 1. The van der Waals surface area contributed by atoms with E-state index in [-0.39, 0.29) is 24.5 Å². The highest BCUT2D eigenvalue weighted by Gasteiger charge is 2.17. The first-order valence-corrected chi connectivity index (χ1v) is 11.5. The maximum Gasteiger partial charge on any atom is 0.224 e. The Balaban J connectivity index is 1.32. The average molecular weight is 427 g/mol. The molecule has 7 heteroatoms. The number of carbonyl (C=O) groups is 2. The van der Waals surface area contributed by atoms with Crippen LogP contribution in [-0.2, 0) is 11.3 Å². The first kappa shape index (κ1) is 20.8. The van der Waals surface area contributed by atoms with Crippen molar-refractivity contribution in [3.05, 3.63) is 53.6 Å². The summed E-state index contributed by atoms with van der Waals surface area (Å²) in [7, 11) is 0. The molecule has 0 spiro atoms. The lowest BCUT2D eigenvalue weighted by Crippen LogP contribution is -2.32. The lowest BCUT2D eigenvalue weighted by atomic mass is 10.1. The molecule has 1 N–H and O–H groups in total. The normalized spacial score (nSPS) is 16.1. The second-order valence-corrected chi connectivity index (χ2v) is 8.60. The minimum atomic E-state index is -0.150. The van der Waals surface area contributed by atoms with Crippen LogP contribution < -0.4 is 14.8 Å². The van der Waals surface area contributed by atoms with Crippen LogP contribution in [0.3, 0.4) is 0 Å². The maximum absolute atomic E-state index is 12.5. The zero-order valence-corrected chi connectivity index (χ0v) is 17.7. The van der Waals surface area contributed by atoms with Crippen LogP contribution in [0.2, 0.25) is 0 Å². The van der Waals surface area contributed by atoms with E-state index >= 15 is 0 Å². The third kappa shape index (κ3) is 5.34. The highest BCUT2D eigenvalue weighted by Crippen LogP contribution is 2.31. The first-order chi connectivity index (χ1) is 14.7. The molecule has 4 rings (SSSR count). The summed E-state index contributed by atoms with van der Waals surface area (Å²) in [6.45, 7) is 3.95. The van der Waals surface area contributed by atoms with E-state index in [9.17, 15) is 9.59 Å². The van der Waals surface area contributed by atoms with Crippen molar-refractivity contribution in [3.8, 4) is 11.5 Å². The Morgan fingerprint density at radius 3 is 2.57 bits per heavy atom. The quantitative estimate of drug-likeness (QED) is 0.683. The molecule has 0 radical (unpaired) electrons. The first-order valence-electron chi connectivity index (χ1n) is 10.3. The number of rotatable bonds is 7. The standard InChI is InChI=1S/C23H26N2O4S/c26-20(17-5-7-21-22(15-17)29-12-11-28-21)6-8-23(27)24-19-4-2-1-3-18(19)16-25-9-13-30-14-10-25/h1-5,7,15H,6,8-14,16H2,(H,24,27). The van der Waals surface area contributed by atoms with Gasteiger partial charge in [0.05, 0.1) is 0 Å². The van der Waals surface area contributed by atoms with Crippen LogP contribution >= 0.6 is 11.8 Å². The number of Topliss-reactive ketones (excluding diaryl/α,β-unsaturated/α-hetero) is 1. The largest absolute Gasteiger partial charge is 0.486 e. The summed E-state index contributed by atoms with van der Waals surface area (Å²) in [5, 5.41) is 2.99. The third-order valence-electron chi connectivity index (χ3n) is 5.23. The summed E-state index contributed by atoms with van der Waals surface area (Å²) in [5.74, 6) is 3.30. The van der Waals surface area contributed by atoms with Gasteiger partial charge in [-0.1, -0.05) is 18.2 Å². The molecule has 2 heterocycles. The van der Waals surface area contributed by atoms with Crippen LogP contribution in [0, 0.1) is 0 Å². The summed E-state index contributed by atoms with van der Waals surface area (Å²) in [5.41, 5.74) is 2.47. The number of thioether (sulfide) groups is 1. The zero-order valence-electron chi connectivity index (χ0n) is 16.9. The molecule has 158 valence electrons. The number of benzene rings is 2. The molecule has 0 saturated carbocycles. The van der Waals surface area contributed by atoms with Gasteiger partial charge >= 0.3 is 0 Å². The predicted octanol–water partition coefficient (Wildman–Crippen LogP) is 3.61. The van der Waals surface area contributed by atoms with E-state index in [1.54, 1.807) is 18.2 Å². The molecular weight excluding hydrogens is 400 g/mol. The minimum Gasteiger partial charge on any atom is -0.486 e. The van der Waals surface area contributed by atoms with E-state index < -0.39 is 0 Å². The number of nitrogens with zero attached hydrogens (tertiary/aromatic N) is 1. The third-order valence-corrected chi connectivity index (χ3v) is 6.17. The van der Waals surface area contributed by atoms with Gasteiger partial charge in [0, 0.05) is 55.2 Å². The Morgan fingerprint density at radius 1 is 0.967 bits per heavy atom. The fourth-order valence-electron chi connectivity index (χ4n) is 3.58. The molecule has 2 aromatic carbocycles. The van der Waals surface area contributed by atoms with Gasteiger partial charge in [-0.2, -0.15) is 11.8 Å². The molecule has 0 bridgehead atoms. The van der Waals surface area contributed by atoms with Crippen molar-refractivity contribution in [2.45, 2.75) is 19.4 Å². The monoisotopic (exact) mass is 426 g/mol. The molecule has 0 aliphatic carbocycles. The van der Waals surface area contributed by atoms with E-state index in [0.717, 1.165) is 42.4 Å². The molecule has 2 aliphatic heterocycles. The number of carbonyl (C=O) groups excluding carboxylic acids is 2. The predicted molar refractivity (Wildman–Crippen MR) is 119 cm³/mol. The Labute approximate surface area is 180 Å². The van der Waals surface area contributed by atoms with Crippen LogP contribution in [0.1, 0.15) is 28.8 Å². The summed E-state index contributed by atoms with van der Waals surface area (Å²) in [6, 6.07) is 13.1. The van der Waals surface area contributed by atoms with Crippen molar-refractivity contribution in [3.63, 3.8) is 0 Å². The summed E-state index contributed by atoms with van der Waals surface area (Å²) >= 11 is 1.98. The number of ether oxygens (including phenoxy) is 2. The van der Waals surface area contributed by atoms with Crippen molar-refractivity contribution in [2.75, 3.05) is 43.1 Å². The van der Waals surface area contributed by atoms with E-state index in [0.29, 0.717) is 30.3 Å². The summed E-state index contributed by atoms with van der Waals surface area (Å²) < 4.78 is 11.0. The number of hydrogen-bond donors (Lipinski definition) is 1. The van der Waals surface area contributed by atoms with Crippen LogP contribution in [0.25, 0.3) is 0 Å². The van der Waals surface area contributed by atoms with E-state index in [4.69, 9.17) is 9.47 Å². The van der Waals surface area contributed by atoms with Gasteiger partial charge in [0.15, 0.2) is 17.3 Å².